The summed E-state index contributed by atoms with van der Waals surface area (Å²) in [6.45, 7) is 2.93. The molecule has 0 radical (unpaired) electrons. The van der Waals surface area contributed by atoms with E-state index in [0.717, 1.165) is 11.3 Å². The van der Waals surface area contributed by atoms with Gasteiger partial charge in [-0.2, -0.15) is 11.8 Å². The third-order valence-corrected chi connectivity index (χ3v) is 5.65. The number of fused-ring (bicyclic) bond motifs is 1. The van der Waals surface area contributed by atoms with Crippen LogP contribution in [0.4, 0.5) is 0 Å². The van der Waals surface area contributed by atoms with E-state index >= 15 is 0 Å². The van der Waals surface area contributed by atoms with Crippen LogP contribution in [0.1, 0.15) is 35.3 Å². The number of nitrogens with one attached hydrogen (secondary N) is 2. The van der Waals surface area contributed by atoms with Crippen LogP contribution in [0.5, 0.6) is 17.2 Å². The Morgan fingerprint density at radius 2 is 1.84 bits per heavy atom. The van der Waals surface area contributed by atoms with Crippen molar-refractivity contribution >= 4 is 23.6 Å². The molecule has 7 nitrogen and oxygen atoms in total. The van der Waals surface area contributed by atoms with E-state index < -0.39 is 6.04 Å². The Morgan fingerprint density at radius 1 is 1.10 bits per heavy atom. The number of methoxy groups -OCH3 is 1. The molecule has 0 fully saturated rings. The maximum Gasteiger partial charge on any atom is 0.255 e. The maximum atomic E-state index is 13.0. The molecular formula is C23H28N2O5S. The Kier molecular flexibility index (Phi) is 8.06. The van der Waals surface area contributed by atoms with Crippen LogP contribution in [-0.2, 0) is 4.79 Å². The smallest absolute Gasteiger partial charge is 0.255 e. The van der Waals surface area contributed by atoms with Crippen LogP contribution in [0, 0.1) is 0 Å². The van der Waals surface area contributed by atoms with E-state index in [4.69, 9.17) is 14.2 Å². The highest BCUT2D eigenvalue weighted by Gasteiger charge is 2.24. The van der Waals surface area contributed by atoms with Crippen LogP contribution in [-0.4, -0.2) is 50.2 Å². The summed E-state index contributed by atoms with van der Waals surface area (Å²) < 4.78 is 16.5. The molecular weight excluding hydrogens is 416 g/mol. The summed E-state index contributed by atoms with van der Waals surface area (Å²) in [5, 5.41) is 5.87. The summed E-state index contributed by atoms with van der Waals surface area (Å²) in [6, 6.07) is 11.7. The van der Waals surface area contributed by atoms with E-state index in [1.54, 1.807) is 36.0 Å². The van der Waals surface area contributed by atoms with Crippen molar-refractivity contribution in [3.8, 4) is 17.2 Å². The second kappa shape index (κ2) is 10.9. The van der Waals surface area contributed by atoms with E-state index in [0.29, 0.717) is 42.4 Å². The number of hydrogen-bond donors (Lipinski definition) is 2. The number of benzene rings is 2. The van der Waals surface area contributed by atoms with Crippen LogP contribution < -0.4 is 24.8 Å². The van der Waals surface area contributed by atoms with Gasteiger partial charge in [0.1, 0.15) is 25.0 Å². The van der Waals surface area contributed by atoms with Gasteiger partial charge in [0.05, 0.1) is 18.7 Å². The van der Waals surface area contributed by atoms with Crippen molar-refractivity contribution in [1.29, 1.82) is 0 Å². The van der Waals surface area contributed by atoms with Crippen LogP contribution in [0.3, 0.4) is 0 Å². The van der Waals surface area contributed by atoms with Gasteiger partial charge in [0.25, 0.3) is 5.91 Å². The number of para-hydroxylation sites is 1. The Hall–Kier alpha value is -2.87. The lowest BCUT2D eigenvalue weighted by Crippen LogP contribution is -2.47. The Labute approximate surface area is 186 Å². The molecule has 31 heavy (non-hydrogen) atoms. The fourth-order valence-corrected chi connectivity index (χ4v) is 3.77. The van der Waals surface area contributed by atoms with Crippen LogP contribution in [0.25, 0.3) is 0 Å². The molecule has 2 N–H and O–H groups in total. The standard InChI is InChI=1S/C23H28N2O5S/c1-15(16-8-9-20-21(14-16)30-12-11-29-20)24-23(27)18(10-13-31-3)25-22(26)17-6-4-5-7-19(17)28-2/h4-9,14-15,18H,10-13H2,1-3H3,(H,24,27)(H,25,26). The van der Waals surface area contributed by atoms with E-state index in [1.165, 1.54) is 7.11 Å². The largest absolute Gasteiger partial charge is 0.496 e. The zero-order chi connectivity index (χ0) is 22.2. The van der Waals surface area contributed by atoms with E-state index in [-0.39, 0.29) is 17.9 Å². The van der Waals surface area contributed by atoms with Gasteiger partial charge in [-0.25, -0.2) is 0 Å². The highest BCUT2D eigenvalue weighted by atomic mass is 32.2. The van der Waals surface area contributed by atoms with Gasteiger partial charge in [0.2, 0.25) is 5.91 Å². The molecule has 0 bridgehead atoms. The first-order chi connectivity index (χ1) is 15.0. The second-order valence-corrected chi connectivity index (χ2v) is 8.13. The Bertz CT molecular complexity index is 921. The normalized spacial score (nSPS) is 14.3. The van der Waals surface area contributed by atoms with Crippen molar-refractivity contribution in [1.82, 2.24) is 10.6 Å². The molecule has 3 rings (SSSR count). The molecule has 0 saturated heterocycles. The van der Waals surface area contributed by atoms with E-state index in [2.05, 4.69) is 10.6 Å². The van der Waals surface area contributed by atoms with Gasteiger partial charge in [-0.05, 0) is 55.2 Å². The zero-order valence-electron chi connectivity index (χ0n) is 18.0. The predicted molar refractivity (Wildman–Crippen MR) is 121 cm³/mol. The lowest BCUT2D eigenvalue weighted by molar-refractivity contribution is -0.123. The first kappa shape index (κ1) is 22.8. The minimum absolute atomic E-state index is 0.236. The minimum atomic E-state index is -0.662. The average Bonchev–Trinajstić information content (AvgIpc) is 2.81. The lowest BCUT2D eigenvalue weighted by Gasteiger charge is -2.23. The third kappa shape index (κ3) is 5.85. The SMILES string of the molecule is COc1ccccc1C(=O)NC(CCSC)C(=O)NC(C)c1ccc2c(c1)OCCO2. The third-order valence-electron chi connectivity index (χ3n) is 5.01. The average molecular weight is 445 g/mol. The van der Waals surface area contributed by atoms with Crippen LogP contribution >= 0.6 is 11.8 Å². The van der Waals surface area contributed by atoms with Gasteiger partial charge < -0.3 is 24.8 Å². The quantitative estimate of drug-likeness (QED) is 0.618. The summed E-state index contributed by atoms with van der Waals surface area (Å²) in [6.07, 6.45) is 2.48. The highest BCUT2D eigenvalue weighted by Crippen LogP contribution is 2.32. The van der Waals surface area contributed by atoms with Crippen LogP contribution in [0.2, 0.25) is 0 Å². The molecule has 1 heterocycles. The van der Waals surface area contributed by atoms with E-state index in [1.807, 2.05) is 31.4 Å². The molecule has 166 valence electrons. The molecule has 0 aromatic heterocycles. The summed E-state index contributed by atoms with van der Waals surface area (Å²) in [5.41, 5.74) is 1.30. The number of carbonyl (C=O) groups is 2. The molecule has 2 amide bonds. The first-order valence-electron chi connectivity index (χ1n) is 10.2. The van der Waals surface area contributed by atoms with Crippen molar-refractivity contribution in [2.24, 2.45) is 0 Å². The highest BCUT2D eigenvalue weighted by molar-refractivity contribution is 7.98. The van der Waals surface area contributed by atoms with Crippen molar-refractivity contribution in [2.75, 3.05) is 32.3 Å². The van der Waals surface area contributed by atoms with Gasteiger partial charge in [0.15, 0.2) is 11.5 Å². The molecule has 2 unspecified atom stereocenters. The molecule has 1 aliphatic heterocycles. The number of rotatable bonds is 9. The summed E-state index contributed by atoms with van der Waals surface area (Å²) in [5.74, 6) is 2.01. The number of ether oxygens (including phenoxy) is 3. The first-order valence-corrected chi connectivity index (χ1v) is 11.6. The lowest BCUT2D eigenvalue weighted by atomic mass is 10.1. The maximum absolute atomic E-state index is 13.0. The van der Waals surface area contributed by atoms with Gasteiger partial charge in [-0.3, -0.25) is 9.59 Å². The number of hydrogen-bond acceptors (Lipinski definition) is 6. The summed E-state index contributed by atoms with van der Waals surface area (Å²) in [4.78, 5) is 25.8. The Morgan fingerprint density at radius 3 is 2.58 bits per heavy atom. The molecule has 2 aromatic carbocycles. The van der Waals surface area contributed by atoms with Gasteiger partial charge in [0, 0.05) is 0 Å². The minimum Gasteiger partial charge on any atom is -0.496 e. The van der Waals surface area contributed by atoms with E-state index in [9.17, 15) is 9.59 Å². The van der Waals surface area contributed by atoms with Gasteiger partial charge in [-0.1, -0.05) is 18.2 Å². The molecule has 0 spiro atoms. The van der Waals surface area contributed by atoms with Crippen LogP contribution in [0.15, 0.2) is 42.5 Å². The predicted octanol–water partition coefficient (Wildman–Crippen LogP) is 3.20. The number of carbonyl (C=O) groups excluding carboxylic acids is 2. The van der Waals surface area contributed by atoms with Gasteiger partial charge >= 0.3 is 0 Å². The number of thioether (sulfide) groups is 1. The zero-order valence-corrected chi connectivity index (χ0v) is 18.8. The van der Waals surface area contributed by atoms with Crippen molar-refractivity contribution in [3.05, 3.63) is 53.6 Å². The summed E-state index contributed by atoms with van der Waals surface area (Å²) >= 11 is 1.62. The van der Waals surface area contributed by atoms with Crippen molar-refractivity contribution < 1.29 is 23.8 Å². The summed E-state index contributed by atoms with van der Waals surface area (Å²) in [7, 11) is 1.51. The molecule has 2 aromatic rings. The fraction of sp³-hybridized carbons (Fsp3) is 0.391. The molecule has 1 aliphatic rings. The Balaban J connectivity index is 1.69. The van der Waals surface area contributed by atoms with Crippen molar-refractivity contribution in [2.45, 2.75) is 25.4 Å². The van der Waals surface area contributed by atoms with Crippen molar-refractivity contribution in [3.63, 3.8) is 0 Å². The second-order valence-electron chi connectivity index (χ2n) is 7.14. The fourth-order valence-electron chi connectivity index (χ4n) is 3.30. The molecule has 8 heteroatoms. The monoisotopic (exact) mass is 444 g/mol. The topological polar surface area (TPSA) is 85.9 Å². The molecule has 2 atom stereocenters. The molecule has 0 aliphatic carbocycles. The molecule has 0 saturated carbocycles. The number of amides is 2. The van der Waals surface area contributed by atoms with Gasteiger partial charge in [-0.15, -0.1) is 0 Å².